The van der Waals surface area contributed by atoms with E-state index in [1.807, 2.05) is 6.07 Å². The Morgan fingerprint density at radius 3 is 2.50 bits per heavy atom. The molecule has 0 unspecified atom stereocenters. The summed E-state index contributed by atoms with van der Waals surface area (Å²) in [6.45, 7) is 7.72. The van der Waals surface area contributed by atoms with Crippen LogP contribution in [0.3, 0.4) is 0 Å². The smallest absolute Gasteiger partial charge is 0.138 e. The van der Waals surface area contributed by atoms with Gasteiger partial charge in [-0.25, -0.2) is 9.97 Å². The van der Waals surface area contributed by atoms with Gasteiger partial charge in [-0.1, -0.05) is 36.4 Å². The molecule has 0 bridgehead atoms. The fourth-order valence-electron chi connectivity index (χ4n) is 5.06. The molecule has 4 heterocycles. The Kier molecular flexibility index (Phi) is 5.54. The summed E-state index contributed by atoms with van der Waals surface area (Å²) in [6, 6.07) is 13.2. The van der Waals surface area contributed by atoms with Crippen LogP contribution in [-0.4, -0.2) is 58.5 Å². The summed E-state index contributed by atoms with van der Waals surface area (Å²) in [5.74, 6) is 2.23. The molecule has 3 aliphatic rings. The number of allylic oxidation sites excluding steroid dienone is 2. The van der Waals surface area contributed by atoms with E-state index >= 15 is 0 Å². The zero-order valence-electron chi connectivity index (χ0n) is 17.8. The molecule has 3 aliphatic heterocycles. The van der Waals surface area contributed by atoms with Crippen LogP contribution in [0.2, 0.25) is 0 Å². The first kappa shape index (κ1) is 19.3. The summed E-state index contributed by atoms with van der Waals surface area (Å²) >= 11 is 0. The number of rotatable bonds is 4. The second-order valence-electron chi connectivity index (χ2n) is 8.53. The van der Waals surface area contributed by atoms with E-state index in [9.17, 15) is 0 Å². The van der Waals surface area contributed by atoms with Crippen molar-refractivity contribution in [2.75, 3.05) is 37.6 Å². The van der Waals surface area contributed by atoms with Crippen molar-refractivity contribution in [2.45, 2.75) is 38.6 Å². The third kappa shape index (κ3) is 3.86. The van der Waals surface area contributed by atoms with Crippen LogP contribution in [0.4, 0.5) is 5.82 Å². The van der Waals surface area contributed by atoms with Gasteiger partial charge in [-0.3, -0.25) is 0 Å². The normalized spacial score (nSPS) is 21.0. The maximum Gasteiger partial charge on any atom is 0.138 e. The molecule has 0 atom stereocenters. The van der Waals surface area contributed by atoms with E-state index in [1.54, 1.807) is 6.33 Å². The van der Waals surface area contributed by atoms with Crippen molar-refractivity contribution in [2.24, 2.45) is 0 Å². The molecule has 5 nitrogen and oxygen atoms in total. The van der Waals surface area contributed by atoms with Crippen LogP contribution >= 0.6 is 0 Å². The third-order valence-corrected chi connectivity index (χ3v) is 6.60. The highest BCUT2D eigenvalue weighted by Crippen LogP contribution is 2.31. The molecule has 0 aliphatic carbocycles. The average Bonchev–Trinajstić information content (AvgIpc) is 3.35. The molecule has 155 valence electrons. The van der Waals surface area contributed by atoms with Gasteiger partial charge in [0, 0.05) is 30.8 Å². The topological polar surface area (TPSA) is 35.5 Å². The van der Waals surface area contributed by atoms with Gasteiger partial charge in [0.2, 0.25) is 0 Å². The minimum Gasteiger partial charge on any atom is -0.358 e. The fourth-order valence-corrected chi connectivity index (χ4v) is 5.06. The van der Waals surface area contributed by atoms with Crippen molar-refractivity contribution in [1.82, 2.24) is 19.8 Å². The van der Waals surface area contributed by atoms with Gasteiger partial charge in [-0.2, -0.15) is 0 Å². The lowest BCUT2D eigenvalue weighted by Crippen LogP contribution is -2.47. The molecule has 1 aromatic heterocycles. The van der Waals surface area contributed by atoms with Gasteiger partial charge in [0.25, 0.3) is 0 Å². The molecule has 0 N–H and O–H groups in total. The predicted molar refractivity (Wildman–Crippen MR) is 121 cm³/mol. The van der Waals surface area contributed by atoms with Crippen molar-refractivity contribution >= 4 is 5.82 Å². The minimum atomic E-state index is 0.726. The Balaban J connectivity index is 1.37. The minimum absolute atomic E-state index is 0.726. The summed E-state index contributed by atoms with van der Waals surface area (Å²) < 4.78 is 0. The first-order chi connectivity index (χ1) is 14.8. The van der Waals surface area contributed by atoms with Crippen molar-refractivity contribution < 1.29 is 0 Å². The standard InChI is InChI=1S/C25H30N5/c1-20-8-7-15-30(24-18-23(26-19-27-24)21-9-3-2-4-10-21)25(20)29-16-11-22(12-17-29)28-13-5-6-14-28/h2-4,8-10,18-19,22H,5-6,11-17H2,1H3. The number of likely N-dealkylation sites (tertiary alicyclic amines) is 2. The van der Waals surface area contributed by atoms with Gasteiger partial charge >= 0.3 is 0 Å². The summed E-state index contributed by atoms with van der Waals surface area (Å²) in [6.07, 6.45) is 12.5. The van der Waals surface area contributed by atoms with Crippen LogP contribution in [0.5, 0.6) is 0 Å². The lowest BCUT2D eigenvalue weighted by atomic mass is 10.0. The molecule has 2 aromatic rings. The average molecular weight is 401 g/mol. The predicted octanol–water partition coefficient (Wildman–Crippen LogP) is 4.11. The molecule has 1 aromatic carbocycles. The monoisotopic (exact) mass is 400 g/mol. The Hall–Kier alpha value is -2.66. The maximum absolute atomic E-state index is 4.64. The fraction of sp³-hybridized carbons (Fsp3) is 0.440. The molecule has 30 heavy (non-hydrogen) atoms. The number of benzene rings is 1. The van der Waals surface area contributed by atoms with Gasteiger partial charge in [0.15, 0.2) is 0 Å². The molecule has 0 spiro atoms. The summed E-state index contributed by atoms with van der Waals surface area (Å²) in [7, 11) is 0. The highest BCUT2D eigenvalue weighted by molar-refractivity contribution is 5.64. The second kappa shape index (κ2) is 8.60. The summed E-state index contributed by atoms with van der Waals surface area (Å²) in [5.41, 5.74) is 3.34. The van der Waals surface area contributed by atoms with Crippen LogP contribution in [0.15, 0.2) is 60.2 Å². The van der Waals surface area contributed by atoms with E-state index in [0.29, 0.717) is 0 Å². The molecule has 2 saturated heterocycles. The van der Waals surface area contributed by atoms with E-state index < -0.39 is 0 Å². The van der Waals surface area contributed by atoms with Crippen molar-refractivity contribution in [3.63, 3.8) is 0 Å². The number of hydrogen-bond acceptors (Lipinski definition) is 5. The number of piperidine rings is 1. The number of hydrogen-bond donors (Lipinski definition) is 0. The highest BCUT2D eigenvalue weighted by atomic mass is 15.4. The van der Waals surface area contributed by atoms with Crippen LogP contribution < -0.4 is 4.90 Å². The van der Waals surface area contributed by atoms with Crippen LogP contribution in [-0.2, 0) is 0 Å². The Bertz CT molecular complexity index is 922. The van der Waals surface area contributed by atoms with Gasteiger partial charge in [0.1, 0.15) is 18.0 Å². The zero-order valence-corrected chi connectivity index (χ0v) is 17.8. The van der Waals surface area contributed by atoms with Crippen LogP contribution in [0.25, 0.3) is 11.3 Å². The van der Waals surface area contributed by atoms with E-state index in [0.717, 1.165) is 42.8 Å². The Morgan fingerprint density at radius 2 is 1.73 bits per heavy atom. The first-order valence-electron chi connectivity index (χ1n) is 11.2. The zero-order chi connectivity index (χ0) is 20.3. The van der Waals surface area contributed by atoms with E-state index in [4.69, 9.17) is 0 Å². The molecule has 0 saturated carbocycles. The lowest BCUT2D eigenvalue weighted by molar-refractivity contribution is 0.145. The van der Waals surface area contributed by atoms with E-state index in [-0.39, 0.29) is 0 Å². The van der Waals surface area contributed by atoms with Gasteiger partial charge < -0.3 is 14.7 Å². The van der Waals surface area contributed by atoms with Crippen molar-refractivity contribution in [3.8, 4) is 11.3 Å². The Labute approximate surface area is 179 Å². The SMILES string of the molecule is CC1=C(N2CCC(N3CCCC3)CC2)N(c2cc(-c3ccccc3)ncn2)C[C]=C1. The Morgan fingerprint density at radius 1 is 0.967 bits per heavy atom. The first-order valence-corrected chi connectivity index (χ1v) is 11.2. The third-order valence-electron chi connectivity index (χ3n) is 6.60. The highest BCUT2D eigenvalue weighted by Gasteiger charge is 2.30. The van der Waals surface area contributed by atoms with E-state index in [1.165, 1.54) is 50.2 Å². The quantitative estimate of drug-likeness (QED) is 0.772. The second-order valence-corrected chi connectivity index (χ2v) is 8.53. The summed E-state index contributed by atoms with van der Waals surface area (Å²) in [4.78, 5) is 16.7. The van der Waals surface area contributed by atoms with Crippen LogP contribution in [0, 0.1) is 6.08 Å². The molecule has 2 fully saturated rings. The van der Waals surface area contributed by atoms with Gasteiger partial charge in [-0.15, -0.1) is 0 Å². The number of anilines is 1. The van der Waals surface area contributed by atoms with Gasteiger partial charge in [0.05, 0.1) is 12.2 Å². The molecular weight excluding hydrogens is 370 g/mol. The number of nitrogens with zero attached hydrogens (tertiary/aromatic N) is 5. The number of aromatic nitrogens is 2. The maximum atomic E-state index is 4.64. The molecular formula is C25H30N5. The molecule has 0 amide bonds. The largest absolute Gasteiger partial charge is 0.358 e. The molecule has 1 radical (unpaired) electrons. The van der Waals surface area contributed by atoms with Crippen LogP contribution in [0.1, 0.15) is 32.6 Å². The van der Waals surface area contributed by atoms with Gasteiger partial charge in [-0.05, 0) is 57.3 Å². The lowest BCUT2D eigenvalue weighted by Gasteiger charge is -2.43. The van der Waals surface area contributed by atoms with E-state index in [2.05, 4.69) is 74.1 Å². The van der Waals surface area contributed by atoms with Crippen molar-refractivity contribution in [1.29, 1.82) is 0 Å². The summed E-state index contributed by atoms with van der Waals surface area (Å²) in [5, 5.41) is 0. The molecule has 5 heteroatoms. The van der Waals surface area contributed by atoms with Crippen molar-refractivity contribution in [3.05, 3.63) is 66.3 Å². The molecule has 5 rings (SSSR count).